The molecule has 0 spiro atoms. The molecule has 2 heterocycles. The van der Waals surface area contributed by atoms with Crippen LogP contribution in [-0.2, 0) is 22.7 Å². The monoisotopic (exact) mass is 466 g/mol. The summed E-state index contributed by atoms with van der Waals surface area (Å²) in [5, 5.41) is 7.54. The minimum atomic E-state index is -0.469. The van der Waals surface area contributed by atoms with Gasteiger partial charge in [0.15, 0.2) is 0 Å². The van der Waals surface area contributed by atoms with Crippen molar-refractivity contribution in [3.63, 3.8) is 0 Å². The van der Waals surface area contributed by atoms with Gasteiger partial charge in [0.25, 0.3) is 0 Å². The van der Waals surface area contributed by atoms with Crippen molar-refractivity contribution < 1.29 is 14.3 Å². The lowest BCUT2D eigenvalue weighted by atomic mass is 9.95. The highest BCUT2D eigenvalue weighted by Crippen LogP contribution is 2.36. The Morgan fingerprint density at radius 2 is 1.63 bits per heavy atom. The molecule has 0 amide bonds. The number of hydrogen-bond acceptors (Lipinski definition) is 6. The molecule has 0 bridgehead atoms. The number of nitrogens with one attached hydrogen (secondary N) is 1. The average molecular weight is 467 g/mol. The van der Waals surface area contributed by atoms with Gasteiger partial charge in [-0.05, 0) is 42.7 Å². The van der Waals surface area contributed by atoms with E-state index in [9.17, 15) is 4.79 Å². The first kappa shape index (κ1) is 22.4. The Bertz CT molecular complexity index is 1340. The third-order valence-corrected chi connectivity index (χ3v) is 5.95. The maximum absolute atomic E-state index is 13.2. The molecule has 7 nitrogen and oxygen atoms in total. The van der Waals surface area contributed by atoms with E-state index in [4.69, 9.17) is 9.47 Å². The zero-order chi connectivity index (χ0) is 24.2. The van der Waals surface area contributed by atoms with Gasteiger partial charge in [-0.25, -0.2) is 9.48 Å². The van der Waals surface area contributed by atoms with Crippen molar-refractivity contribution in [2.24, 2.45) is 0 Å². The summed E-state index contributed by atoms with van der Waals surface area (Å²) in [7, 11) is 0. The Morgan fingerprint density at radius 3 is 2.37 bits per heavy atom. The van der Waals surface area contributed by atoms with Gasteiger partial charge in [0.1, 0.15) is 31.3 Å². The van der Waals surface area contributed by atoms with E-state index in [1.165, 1.54) is 11.9 Å². The van der Waals surface area contributed by atoms with Crippen LogP contribution in [0.1, 0.15) is 35.2 Å². The highest BCUT2D eigenvalue weighted by atomic mass is 16.5. The molecule has 1 aliphatic heterocycles. The number of esters is 1. The smallest absolute Gasteiger partial charge is 0.338 e. The Balaban J connectivity index is 1.36. The van der Waals surface area contributed by atoms with Gasteiger partial charge in [-0.1, -0.05) is 72.3 Å². The fourth-order valence-corrected chi connectivity index (χ4v) is 4.06. The van der Waals surface area contributed by atoms with E-state index in [0.29, 0.717) is 23.8 Å². The summed E-state index contributed by atoms with van der Waals surface area (Å²) in [6.07, 6.45) is 1.47. The molecule has 7 heteroatoms. The summed E-state index contributed by atoms with van der Waals surface area (Å²) in [6.45, 7) is 4.59. The van der Waals surface area contributed by atoms with E-state index in [-0.39, 0.29) is 6.61 Å². The van der Waals surface area contributed by atoms with Gasteiger partial charge in [0.05, 0.1) is 5.57 Å². The normalized spacial score (nSPS) is 14.7. The van der Waals surface area contributed by atoms with Crippen molar-refractivity contribution in [2.45, 2.75) is 33.1 Å². The molecule has 0 radical (unpaired) electrons. The first-order valence-electron chi connectivity index (χ1n) is 11.4. The Kier molecular flexibility index (Phi) is 6.30. The molecule has 1 aromatic heterocycles. The van der Waals surface area contributed by atoms with Crippen LogP contribution in [0, 0.1) is 6.92 Å². The Hall–Kier alpha value is -4.39. The molecule has 1 unspecified atom stereocenters. The lowest BCUT2D eigenvalue weighted by molar-refractivity contribution is -0.140. The number of fused-ring (bicyclic) bond motifs is 1. The van der Waals surface area contributed by atoms with Crippen molar-refractivity contribution in [1.29, 1.82) is 0 Å². The predicted octanol–water partition coefficient (Wildman–Crippen LogP) is 5.20. The van der Waals surface area contributed by atoms with Crippen LogP contribution in [0.5, 0.6) is 5.75 Å². The van der Waals surface area contributed by atoms with Crippen LogP contribution in [0.3, 0.4) is 0 Å². The number of carbonyl (C=O) groups is 1. The van der Waals surface area contributed by atoms with Crippen LogP contribution in [-0.4, -0.2) is 20.7 Å². The predicted molar refractivity (Wildman–Crippen MR) is 133 cm³/mol. The number of ether oxygens (including phenoxy) is 2. The quantitative estimate of drug-likeness (QED) is 0.377. The van der Waals surface area contributed by atoms with Gasteiger partial charge in [0, 0.05) is 5.70 Å². The molecule has 1 N–H and O–H groups in total. The number of allylic oxidation sites excluding steroid dienone is 1. The standard InChI is InChI=1S/C28H26N4O3/c1-19-8-10-22(11-9-19)16-34-24-14-12-23(13-15-24)26-25(20(2)31-28-29-18-30-32(26)28)27(33)35-17-21-6-4-3-5-7-21/h3-15,18,26H,16-17H2,1-2H3,(H,29,30,31). The van der Waals surface area contributed by atoms with E-state index in [2.05, 4.69) is 46.6 Å². The third-order valence-electron chi connectivity index (χ3n) is 5.95. The molecule has 0 aliphatic carbocycles. The number of aromatic nitrogens is 3. The summed E-state index contributed by atoms with van der Waals surface area (Å²) >= 11 is 0. The Morgan fingerprint density at radius 1 is 0.914 bits per heavy atom. The maximum Gasteiger partial charge on any atom is 0.338 e. The van der Waals surface area contributed by atoms with E-state index in [1.54, 1.807) is 4.68 Å². The van der Waals surface area contributed by atoms with Crippen LogP contribution in [0.25, 0.3) is 0 Å². The highest BCUT2D eigenvalue weighted by molar-refractivity contribution is 5.92. The lowest BCUT2D eigenvalue weighted by Crippen LogP contribution is -2.29. The van der Waals surface area contributed by atoms with Gasteiger partial charge in [-0.15, -0.1) is 0 Å². The molecule has 1 aliphatic rings. The largest absolute Gasteiger partial charge is 0.489 e. The summed E-state index contributed by atoms with van der Waals surface area (Å²) in [5.41, 5.74) is 5.31. The first-order chi connectivity index (χ1) is 17.1. The van der Waals surface area contributed by atoms with Crippen LogP contribution in [0.4, 0.5) is 5.95 Å². The molecule has 1 atom stereocenters. The molecule has 35 heavy (non-hydrogen) atoms. The van der Waals surface area contributed by atoms with Crippen LogP contribution >= 0.6 is 0 Å². The number of rotatable bonds is 7. The van der Waals surface area contributed by atoms with E-state index < -0.39 is 12.0 Å². The second-order valence-corrected chi connectivity index (χ2v) is 8.50. The number of anilines is 1. The summed E-state index contributed by atoms with van der Waals surface area (Å²) in [6, 6.07) is 25.1. The minimum absolute atomic E-state index is 0.194. The SMILES string of the molecule is CC1=C(C(=O)OCc2ccccc2)C(c2ccc(OCc3ccc(C)cc3)cc2)n2ncnc2N1. The van der Waals surface area contributed by atoms with E-state index in [0.717, 1.165) is 22.4 Å². The number of nitrogens with zero attached hydrogens (tertiary/aromatic N) is 3. The Labute approximate surface area is 204 Å². The molecule has 0 fully saturated rings. The summed E-state index contributed by atoms with van der Waals surface area (Å²) < 4.78 is 13.3. The first-order valence-corrected chi connectivity index (χ1v) is 11.4. The average Bonchev–Trinajstić information content (AvgIpc) is 3.35. The number of carbonyl (C=O) groups excluding carboxylic acids is 1. The van der Waals surface area contributed by atoms with Gasteiger partial charge < -0.3 is 14.8 Å². The second-order valence-electron chi connectivity index (χ2n) is 8.50. The number of hydrogen-bond donors (Lipinski definition) is 1. The zero-order valence-electron chi connectivity index (χ0n) is 19.6. The molecule has 3 aromatic carbocycles. The fourth-order valence-electron chi connectivity index (χ4n) is 4.06. The molecule has 5 rings (SSSR count). The molecule has 0 saturated heterocycles. The van der Waals surface area contributed by atoms with E-state index >= 15 is 0 Å². The zero-order valence-corrected chi connectivity index (χ0v) is 19.6. The fraction of sp³-hybridized carbons (Fsp3) is 0.179. The molecular weight excluding hydrogens is 440 g/mol. The lowest BCUT2D eigenvalue weighted by Gasteiger charge is -2.28. The van der Waals surface area contributed by atoms with Gasteiger partial charge in [0.2, 0.25) is 5.95 Å². The van der Waals surface area contributed by atoms with E-state index in [1.807, 2.05) is 61.5 Å². The van der Waals surface area contributed by atoms with Crippen LogP contribution in [0.15, 0.2) is 96.5 Å². The topological polar surface area (TPSA) is 78.3 Å². The van der Waals surface area contributed by atoms with Crippen LogP contribution in [0.2, 0.25) is 0 Å². The maximum atomic E-state index is 13.2. The van der Waals surface area contributed by atoms with Crippen molar-refractivity contribution in [1.82, 2.24) is 14.8 Å². The number of benzene rings is 3. The highest BCUT2D eigenvalue weighted by Gasteiger charge is 2.34. The third kappa shape index (κ3) is 4.94. The van der Waals surface area contributed by atoms with Crippen LogP contribution < -0.4 is 10.1 Å². The summed E-state index contributed by atoms with van der Waals surface area (Å²) in [4.78, 5) is 17.5. The minimum Gasteiger partial charge on any atom is -0.489 e. The molecule has 0 saturated carbocycles. The second kappa shape index (κ2) is 9.85. The summed E-state index contributed by atoms with van der Waals surface area (Å²) in [5.74, 6) is 0.924. The molecule has 176 valence electrons. The van der Waals surface area contributed by atoms with Crippen molar-refractivity contribution >= 4 is 11.9 Å². The van der Waals surface area contributed by atoms with Gasteiger partial charge >= 0.3 is 5.97 Å². The van der Waals surface area contributed by atoms with Gasteiger partial charge in [-0.2, -0.15) is 10.1 Å². The van der Waals surface area contributed by atoms with Gasteiger partial charge in [-0.3, -0.25) is 0 Å². The molecular formula is C28H26N4O3. The number of aryl methyl sites for hydroxylation is 1. The van der Waals surface area contributed by atoms with Crippen molar-refractivity contribution in [3.8, 4) is 5.75 Å². The molecule has 4 aromatic rings. The van der Waals surface area contributed by atoms with Crippen molar-refractivity contribution in [2.75, 3.05) is 5.32 Å². The van der Waals surface area contributed by atoms with Crippen molar-refractivity contribution in [3.05, 3.63) is 119 Å².